The largest absolute Gasteiger partial charge is 0.393 e. The van der Waals surface area contributed by atoms with E-state index in [0.29, 0.717) is 11.4 Å². The monoisotopic (exact) mass is 236 g/mol. The average Bonchev–Trinajstić information content (AvgIpc) is 2.69. The van der Waals surface area contributed by atoms with Gasteiger partial charge in [-0.05, 0) is 31.0 Å². The van der Waals surface area contributed by atoms with Crippen LogP contribution in [0, 0.1) is 0 Å². The second-order valence-corrected chi connectivity index (χ2v) is 4.22. The molecule has 2 rings (SSSR count). The highest BCUT2D eigenvalue weighted by atomic mass is 35.5. The molecule has 0 saturated heterocycles. The van der Waals surface area contributed by atoms with Crippen LogP contribution >= 0.6 is 11.6 Å². The van der Waals surface area contributed by atoms with Crippen LogP contribution in [0.4, 0.5) is 0 Å². The summed E-state index contributed by atoms with van der Waals surface area (Å²) >= 11 is 6.17. The lowest BCUT2D eigenvalue weighted by atomic mass is 10.1. The molecule has 84 valence electrons. The summed E-state index contributed by atoms with van der Waals surface area (Å²) in [5, 5.41) is 9.95. The smallest absolute Gasteiger partial charge is 0.0992 e. The van der Waals surface area contributed by atoms with E-state index in [9.17, 15) is 5.11 Å². The van der Waals surface area contributed by atoms with E-state index in [1.807, 2.05) is 29.0 Å². The molecule has 0 amide bonds. The molecule has 0 saturated carbocycles. The number of halogens is 1. The van der Waals surface area contributed by atoms with Gasteiger partial charge in [0.05, 0.1) is 23.1 Å². The second-order valence-electron chi connectivity index (χ2n) is 3.81. The SMILES string of the molecule is CC(O)Cc1ccc(-n2ccnc2)c(Cl)c1. The lowest BCUT2D eigenvalue weighted by Gasteiger charge is -2.09. The molecule has 0 aliphatic carbocycles. The molecule has 0 radical (unpaired) electrons. The molecule has 3 nitrogen and oxygen atoms in total. The van der Waals surface area contributed by atoms with Gasteiger partial charge in [-0.15, -0.1) is 0 Å². The Morgan fingerprint density at radius 3 is 2.88 bits per heavy atom. The van der Waals surface area contributed by atoms with Crippen LogP contribution in [-0.2, 0) is 6.42 Å². The number of nitrogens with zero attached hydrogens (tertiary/aromatic N) is 2. The van der Waals surface area contributed by atoms with Crippen molar-refractivity contribution in [3.63, 3.8) is 0 Å². The first-order chi connectivity index (χ1) is 7.66. The molecule has 0 aliphatic rings. The van der Waals surface area contributed by atoms with Gasteiger partial charge >= 0.3 is 0 Å². The van der Waals surface area contributed by atoms with Crippen LogP contribution in [0.15, 0.2) is 36.9 Å². The van der Waals surface area contributed by atoms with Gasteiger partial charge in [0.2, 0.25) is 0 Å². The van der Waals surface area contributed by atoms with E-state index in [0.717, 1.165) is 11.3 Å². The van der Waals surface area contributed by atoms with Crippen molar-refractivity contribution in [2.45, 2.75) is 19.4 Å². The van der Waals surface area contributed by atoms with Crippen LogP contribution in [-0.4, -0.2) is 20.8 Å². The van der Waals surface area contributed by atoms with Gasteiger partial charge in [-0.2, -0.15) is 0 Å². The summed E-state index contributed by atoms with van der Waals surface area (Å²) in [4.78, 5) is 3.97. The number of hydrogen-bond acceptors (Lipinski definition) is 2. The van der Waals surface area contributed by atoms with E-state index in [-0.39, 0.29) is 6.10 Å². The lowest BCUT2D eigenvalue weighted by molar-refractivity contribution is 0.195. The van der Waals surface area contributed by atoms with Crippen molar-refractivity contribution in [1.82, 2.24) is 9.55 Å². The van der Waals surface area contributed by atoms with Crippen molar-refractivity contribution in [2.24, 2.45) is 0 Å². The van der Waals surface area contributed by atoms with Gasteiger partial charge in [-0.1, -0.05) is 17.7 Å². The molecule has 2 aromatic rings. The zero-order chi connectivity index (χ0) is 11.5. The highest BCUT2D eigenvalue weighted by molar-refractivity contribution is 6.32. The standard InChI is InChI=1S/C12H13ClN2O/c1-9(16)6-10-2-3-12(11(13)7-10)15-5-4-14-8-15/h2-5,7-9,16H,6H2,1H3. The predicted octanol–water partition coefficient (Wildman–Crippen LogP) is 2.45. The zero-order valence-corrected chi connectivity index (χ0v) is 9.72. The van der Waals surface area contributed by atoms with Crippen LogP contribution in [0.5, 0.6) is 0 Å². The summed E-state index contributed by atoms with van der Waals surface area (Å²) in [6.07, 6.45) is 5.52. The molecule has 16 heavy (non-hydrogen) atoms. The number of rotatable bonds is 3. The van der Waals surface area contributed by atoms with Crippen LogP contribution in [0.25, 0.3) is 5.69 Å². The molecular weight excluding hydrogens is 224 g/mol. The fourth-order valence-corrected chi connectivity index (χ4v) is 1.93. The molecule has 0 aliphatic heterocycles. The number of hydrogen-bond donors (Lipinski definition) is 1. The highest BCUT2D eigenvalue weighted by Crippen LogP contribution is 2.22. The maximum Gasteiger partial charge on any atom is 0.0992 e. The highest BCUT2D eigenvalue weighted by Gasteiger charge is 2.05. The van der Waals surface area contributed by atoms with Crippen molar-refractivity contribution in [3.05, 3.63) is 47.5 Å². The Labute approximate surface area is 99.3 Å². The Hall–Kier alpha value is -1.32. The molecule has 1 atom stereocenters. The van der Waals surface area contributed by atoms with Crippen molar-refractivity contribution >= 4 is 11.6 Å². The predicted molar refractivity (Wildman–Crippen MR) is 64.0 cm³/mol. The van der Waals surface area contributed by atoms with Gasteiger partial charge in [0.25, 0.3) is 0 Å². The topological polar surface area (TPSA) is 38.0 Å². The first kappa shape index (κ1) is 11.2. The Bertz CT molecular complexity index is 466. The summed E-state index contributed by atoms with van der Waals surface area (Å²) < 4.78 is 1.86. The third kappa shape index (κ3) is 2.43. The Kier molecular flexibility index (Phi) is 3.27. The Balaban J connectivity index is 2.30. The number of imidazole rings is 1. The lowest BCUT2D eigenvalue weighted by Crippen LogP contribution is -2.04. The normalized spacial score (nSPS) is 12.7. The quantitative estimate of drug-likeness (QED) is 0.889. The van der Waals surface area contributed by atoms with Gasteiger partial charge < -0.3 is 9.67 Å². The maximum atomic E-state index is 9.29. The first-order valence-corrected chi connectivity index (χ1v) is 5.49. The summed E-state index contributed by atoms with van der Waals surface area (Å²) in [6.45, 7) is 1.76. The average molecular weight is 237 g/mol. The first-order valence-electron chi connectivity index (χ1n) is 5.11. The van der Waals surface area contributed by atoms with Crippen molar-refractivity contribution in [2.75, 3.05) is 0 Å². The minimum Gasteiger partial charge on any atom is -0.393 e. The summed E-state index contributed by atoms with van der Waals surface area (Å²) in [6, 6.07) is 5.78. The van der Waals surface area contributed by atoms with Crippen LogP contribution in [0.1, 0.15) is 12.5 Å². The Morgan fingerprint density at radius 1 is 1.50 bits per heavy atom. The maximum absolute atomic E-state index is 9.29. The van der Waals surface area contributed by atoms with Crippen LogP contribution in [0.2, 0.25) is 5.02 Å². The Morgan fingerprint density at radius 2 is 2.31 bits per heavy atom. The van der Waals surface area contributed by atoms with E-state index in [1.165, 1.54) is 0 Å². The van der Waals surface area contributed by atoms with Crippen molar-refractivity contribution in [3.8, 4) is 5.69 Å². The summed E-state index contributed by atoms with van der Waals surface area (Å²) in [5.74, 6) is 0. The van der Waals surface area contributed by atoms with Gasteiger partial charge in [0.15, 0.2) is 0 Å². The summed E-state index contributed by atoms with van der Waals surface area (Å²) in [5.41, 5.74) is 1.93. The van der Waals surface area contributed by atoms with Crippen molar-refractivity contribution < 1.29 is 5.11 Å². The van der Waals surface area contributed by atoms with Crippen LogP contribution < -0.4 is 0 Å². The van der Waals surface area contributed by atoms with E-state index in [1.54, 1.807) is 19.4 Å². The van der Waals surface area contributed by atoms with E-state index >= 15 is 0 Å². The van der Waals surface area contributed by atoms with Gasteiger partial charge in [0.1, 0.15) is 0 Å². The fourth-order valence-electron chi connectivity index (χ4n) is 1.63. The molecule has 0 fully saturated rings. The summed E-state index contributed by atoms with van der Waals surface area (Å²) in [7, 11) is 0. The molecule has 4 heteroatoms. The van der Waals surface area contributed by atoms with Crippen LogP contribution in [0.3, 0.4) is 0 Å². The number of aromatic nitrogens is 2. The van der Waals surface area contributed by atoms with E-state index < -0.39 is 0 Å². The molecule has 0 bridgehead atoms. The minimum atomic E-state index is -0.352. The van der Waals surface area contributed by atoms with E-state index in [2.05, 4.69) is 4.98 Å². The number of aliphatic hydroxyl groups is 1. The molecule has 1 N–H and O–H groups in total. The fraction of sp³-hybridized carbons (Fsp3) is 0.250. The molecular formula is C12H13ClN2O. The second kappa shape index (κ2) is 4.68. The third-order valence-corrected chi connectivity index (χ3v) is 2.63. The number of benzene rings is 1. The van der Waals surface area contributed by atoms with Gasteiger partial charge in [0, 0.05) is 12.4 Å². The van der Waals surface area contributed by atoms with Crippen molar-refractivity contribution in [1.29, 1.82) is 0 Å². The van der Waals surface area contributed by atoms with E-state index in [4.69, 9.17) is 11.6 Å². The molecule has 1 aromatic heterocycles. The third-order valence-electron chi connectivity index (χ3n) is 2.33. The molecule has 0 spiro atoms. The van der Waals surface area contributed by atoms with Gasteiger partial charge in [-0.25, -0.2) is 4.98 Å². The molecule has 1 aromatic carbocycles. The number of aliphatic hydroxyl groups excluding tert-OH is 1. The zero-order valence-electron chi connectivity index (χ0n) is 8.97. The van der Waals surface area contributed by atoms with Gasteiger partial charge in [-0.3, -0.25) is 0 Å². The molecule has 1 unspecified atom stereocenters. The minimum absolute atomic E-state index is 0.352. The molecule has 1 heterocycles.